The van der Waals surface area contributed by atoms with Crippen molar-refractivity contribution in [3.63, 3.8) is 0 Å². The van der Waals surface area contributed by atoms with Gasteiger partial charge in [-0.25, -0.2) is 0 Å². The van der Waals surface area contributed by atoms with E-state index in [1.807, 2.05) is 0 Å². The van der Waals surface area contributed by atoms with E-state index in [-0.39, 0.29) is 0 Å². The lowest BCUT2D eigenvalue weighted by Gasteiger charge is -2.30. The maximum Gasteiger partial charge on any atom is 0.0387 e. The van der Waals surface area contributed by atoms with Gasteiger partial charge < -0.3 is 15.1 Å². The van der Waals surface area contributed by atoms with Crippen LogP contribution in [0.25, 0.3) is 0 Å². The molecule has 1 aromatic rings. The van der Waals surface area contributed by atoms with Crippen molar-refractivity contribution in [3.05, 3.63) is 24.3 Å². The molecule has 0 amide bonds. The molecule has 0 unspecified atom stereocenters. The van der Waals surface area contributed by atoms with E-state index in [9.17, 15) is 0 Å². The molecule has 0 atom stereocenters. The van der Waals surface area contributed by atoms with Gasteiger partial charge in [0.15, 0.2) is 0 Å². The van der Waals surface area contributed by atoms with Crippen molar-refractivity contribution in [2.45, 2.75) is 0 Å². The first-order valence-corrected chi connectivity index (χ1v) is 5.50. The molecular weight excluding hydrogens is 186 g/mol. The van der Waals surface area contributed by atoms with Crippen LogP contribution in [0.3, 0.4) is 0 Å². The van der Waals surface area contributed by atoms with E-state index in [0.29, 0.717) is 0 Å². The standard InChI is InChI=1S/C12H19N3/c1-14(2)11-4-3-5-12(10-11)15-8-6-13-7-9-15/h3-5,10,13H,6-9H2,1-2H3. The van der Waals surface area contributed by atoms with Gasteiger partial charge in [0.05, 0.1) is 0 Å². The molecule has 1 aliphatic heterocycles. The van der Waals surface area contributed by atoms with Gasteiger partial charge >= 0.3 is 0 Å². The van der Waals surface area contributed by atoms with E-state index >= 15 is 0 Å². The maximum atomic E-state index is 3.37. The molecule has 0 bridgehead atoms. The van der Waals surface area contributed by atoms with Gasteiger partial charge in [0.2, 0.25) is 0 Å². The van der Waals surface area contributed by atoms with E-state index < -0.39 is 0 Å². The summed E-state index contributed by atoms with van der Waals surface area (Å²) in [6, 6.07) is 8.72. The molecule has 1 heterocycles. The largest absolute Gasteiger partial charge is 0.378 e. The topological polar surface area (TPSA) is 18.5 Å². The van der Waals surface area contributed by atoms with Crippen LogP contribution in [-0.4, -0.2) is 40.3 Å². The second-order valence-electron chi connectivity index (χ2n) is 4.15. The molecule has 0 spiro atoms. The Bertz CT molecular complexity index is 316. The van der Waals surface area contributed by atoms with Gasteiger partial charge in [-0.2, -0.15) is 0 Å². The first kappa shape index (κ1) is 10.3. The first-order valence-electron chi connectivity index (χ1n) is 5.50. The number of rotatable bonds is 2. The van der Waals surface area contributed by atoms with Gasteiger partial charge in [-0.05, 0) is 18.2 Å². The maximum absolute atomic E-state index is 3.37. The average Bonchev–Trinajstić information content (AvgIpc) is 2.30. The van der Waals surface area contributed by atoms with Gasteiger partial charge in [-0.15, -0.1) is 0 Å². The second-order valence-corrected chi connectivity index (χ2v) is 4.15. The molecule has 0 aromatic heterocycles. The zero-order valence-electron chi connectivity index (χ0n) is 9.53. The molecule has 15 heavy (non-hydrogen) atoms. The van der Waals surface area contributed by atoms with E-state index in [1.165, 1.54) is 11.4 Å². The third-order valence-electron chi connectivity index (χ3n) is 2.83. The fourth-order valence-electron chi connectivity index (χ4n) is 1.89. The van der Waals surface area contributed by atoms with Crippen molar-refractivity contribution in [1.82, 2.24) is 5.32 Å². The number of nitrogens with zero attached hydrogens (tertiary/aromatic N) is 2. The molecule has 0 saturated carbocycles. The molecule has 82 valence electrons. The first-order chi connectivity index (χ1) is 7.27. The van der Waals surface area contributed by atoms with Crippen LogP contribution >= 0.6 is 0 Å². The SMILES string of the molecule is CN(C)c1cccc(N2CCNCC2)c1. The fourth-order valence-corrected chi connectivity index (χ4v) is 1.89. The lowest BCUT2D eigenvalue weighted by atomic mass is 10.2. The molecule has 1 saturated heterocycles. The zero-order chi connectivity index (χ0) is 10.7. The Labute approximate surface area is 91.7 Å². The number of hydrogen-bond acceptors (Lipinski definition) is 3. The van der Waals surface area contributed by atoms with Gasteiger partial charge in [-0.3, -0.25) is 0 Å². The van der Waals surface area contributed by atoms with Crippen LogP contribution in [0.5, 0.6) is 0 Å². The van der Waals surface area contributed by atoms with Crippen LogP contribution in [0, 0.1) is 0 Å². The fraction of sp³-hybridized carbons (Fsp3) is 0.500. The monoisotopic (exact) mass is 205 g/mol. The summed E-state index contributed by atoms with van der Waals surface area (Å²) < 4.78 is 0. The Balaban J connectivity index is 2.16. The summed E-state index contributed by atoms with van der Waals surface area (Å²) in [7, 11) is 4.16. The van der Waals surface area contributed by atoms with Gasteiger partial charge in [0.25, 0.3) is 0 Å². The van der Waals surface area contributed by atoms with E-state index in [1.54, 1.807) is 0 Å². The quantitative estimate of drug-likeness (QED) is 0.781. The zero-order valence-corrected chi connectivity index (χ0v) is 9.53. The second kappa shape index (κ2) is 4.53. The lowest BCUT2D eigenvalue weighted by Crippen LogP contribution is -2.43. The van der Waals surface area contributed by atoms with Crippen molar-refractivity contribution in [2.75, 3.05) is 50.1 Å². The van der Waals surface area contributed by atoms with Gasteiger partial charge in [0.1, 0.15) is 0 Å². The van der Waals surface area contributed by atoms with Gasteiger partial charge in [-0.1, -0.05) is 6.07 Å². The van der Waals surface area contributed by atoms with Crippen molar-refractivity contribution in [1.29, 1.82) is 0 Å². The van der Waals surface area contributed by atoms with Crippen molar-refractivity contribution < 1.29 is 0 Å². The van der Waals surface area contributed by atoms with Crippen molar-refractivity contribution in [3.8, 4) is 0 Å². The summed E-state index contributed by atoms with van der Waals surface area (Å²) in [6.45, 7) is 4.39. The molecule has 2 rings (SSSR count). The summed E-state index contributed by atoms with van der Waals surface area (Å²) in [5, 5.41) is 3.37. The normalized spacial score (nSPS) is 16.5. The molecule has 0 aliphatic carbocycles. The number of hydrogen-bond donors (Lipinski definition) is 1. The summed E-state index contributed by atoms with van der Waals surface area (Å²) in [5.41, 5.74) is 2.61. The smallest absolute Gasteiger partial charge is 0.0387 e. The van der Waals surface area contributed by atoms with Crippen LogP contribution in [0.2, 0.25) is 0 Å². The Morgan fingerprint density at radius 3 is 2.60 bits per heavy atom. The molecular formula is C12H19N3. The van der Waals surface area contributed by atoms with Crippen LogP contribution in [0.4, 0.5) is 11.4 Å². The highest BCUT2D eigenvalue weighted by molar-refractivity contribution is 5.59. The number of benzene rings is 1. The number of piperazine rings is 1. The molecule has 1 N–H and O–H groups in total. The molecule has 1 aromatic carbocycles. The van der Waals surface area contributed by atoms with Crippen LogP contribution in [0.15, 0.2) is 24.3 Å². The molecule has 0 radical (unpaired) electrons. The van der Waals surface area contributed by atoms with E-state index in [0.717, 1.165) is 26.2 Å². The van der Waals surface area contributed by atoms with Crippen LogP contribution in [-0.2, 0) is 0 Å². The predicted molar refractivity (Wildman–Crippen MR) is 65.9 cm³/mol. The third-order valence-corrected chi connectivity index (χ3v) is 2.83. The summed E-state index contributed by atoms with van der Waals surface area (Å²) >= 11 is 0. The Kier molecular flexibility index (Phi) is 3.11. The molecule has 3 heteroatoms. The molecule has 1 aliphatic rings. The molecule has 1 fully saturated rings. The van der Waals surface area contributed by atoms with E-state index in [4.69, 9.17) is 0 Å². The summed E-state index contributed by atoms with van der Waals surface area (Å²) in [6.07, 6.45) is 0. The number of anilines is 2. The Morgan fingerprint density at radius 1 is 1.20 bits per heavy atom. The minimum Gasteiger partial charge on any atom is -0.378 e. The minimum absolute atomic E-state index is 1.09. The van der Waals surface area contributed by atoms with Crippen molar-refractivity contribution >= 4 is 11.4 Å². The van der Waals surface area contributed by atoms with Crippen molar-refractivity contribution in [2.24, 2.45) is 0 Å². The number of nitrogens with one attached hydrogen (secondary N) is 1. The lowest BCUT2D eigenvalue weighted by molar-refractivity contribution is 0.589. The molecule has 3 nitrogen and oxygen atoms in total. The van der Waals surface area contributed by atoms with Crippen LogP contribution in [0.1, 0.15) is 0 Å². The highest BCUT2D eigenvalue weighted by atomic mass is 15.2. The van der Waals surface area contributed by atoms with Gasteiger partial charge in [0, 0.05) is 51.6 Å². The average molecular weight is 205 g/mol. The van der Waals surface area contributed by atoms with Crippen LogP contribution < -0.4 is 15.1 Å². The Morgan fingerprint density at radius 2 is 1.93 bits per heavy atom. The Hall–Kier alpha value is -1.22. The third kappa shape index (κ3) is 2.42. The summed E-state index contributed by atoms with van der Waals surface area (Å²) in [5.74, 6) is 0. The highest BCUT2D eigenvalue weighted by Crippen LogP contribution is 2.21. The summed E-state index contributed by atoms with van der Waals surface area (Å²) in [4.78, 5) is 4.58. The highest BCUT2D eigenvalue weighted by Gasteiger charge is 2.10. The van der Waals surface area contributed by atoms with E-state index in [2.05, 4.69) is 53.5 Å². The predicted octanol–water partition coefficient (Wildman–Crippen LogP) is 1.16. The minimum atomic E-state index is 1.09.